The summed E-state index contributed by atoms with van der Waals surface area (Å²) in [5.74, 6) is 1.70. The van der Waals surface area contributed by atoms with E-state index < -0.39 is 0 Å². The van der Waals surface area contributed by atoms with Gasteiger partial charge in [0.05, 0.1) is 19.4 Å². The summed E-state index contributed by atoms with van der Waals surface area (Å²) >= 11 is 0. The van der Waals surface area contributed by atoms with E-state index >= 15 is 0 Å². The van der Waals surface area contributed by atoms with Crippen LogP contribution in [0.1, 0.15) is 11.7 Å². The van der Waals surface area contributed by atoms with Crippen molar-refractivity contribution in [1.29, 1.82) is 0 Å². The molecule has 1 aliphatic heterocycles. The van der Waals surface area contributed by atoms with Gasteiger partial charge in [0.15, 0.2) is 5.89 Å². The molecule has 2 heterocycles. The summed E-state index contributed by atoms with van der Waals surface area (Å²) in [5.41, 5.74) is 5.45. The molecule has 2 rings (SSSR count). The summed E-state index contributed by atoms with van der Waals surface area (Å²) < 4.78 is 10.9. The summed E-state index contributed by atoms with van der Waals surface area (Å²) in [4.78, 5) is 6.61. The molecule has 16 heavy (non-hydrogen) atoms. The van der Waals surface area contributed by atoms with Gasteiger partial charge in [0.1, 0.15) is 5.76 Å². The highest BCUT2D eigenvalue weighted by atomic mass is 16.5. The zero-order valence-electron chi connectivity index (χ0n) is 9.52. The molecule has 1 aliphatic rings. The van der Waals surface area contributed by atoms with Crippen molar-refractivity contribution in [2.75, 3.05) is 39.4 Å². The SMILES string of the molecule is NCCc1cnc(CCN2CCOCC2)o1. The maximum absolute atomic E-state index is 5.57. The van der Waals surface area contributed by atoms with Gasteiger partial charge < -0.3 is 14.9 Å². The van der Waals surface area contributed by atoms with Gasteiger partial charge in [-0.25, -0.2) is 4.98 Å². The number of hydrogen-bond donors (Lipinski definition) is 1. The van der Waals surface area contributed by atoms with Gasteiger partial charge in [-0.05, 0) is 6.54 Å². The van der Waals surface area contributed by atoms with Gasteiger partial charge in [-0.1, -0.05) is 0 Å². The molecule has 0 unspecified atom stereocenters. The normalized spacial score (nSPS) is 17.8. The third kappa shape index (κ3) is 3.30. The largest absolute Gasteiger partial charge is 0.446 e. The van der Waals surface area contributed by atoms with Crippen LogP contribution in [0.5, 0.6) is 0 Å². The molecule has 0 saturated carbocycles. The number of nitrogens with zero attached hydrogens (tertiary/aromatic N) is 2. The highest BCUT2D eigenvalue weighted by Crippen LogP contribution is 2.06. The minimum atomic E-state index is 0.609. The maximum Gasteiger partial charge on any atom is 0.195 e. The van der Waals surface area contributed by atoms with Gasteiger partial charge in [-0.2, -0.15) is 0 Å². The van der Waals surface area contributed by atoms with Gasteiger partial charge in [0, 0.05) is 32.5 Å². The Balaban J connectivity index is 1.75. The number of hydrogen-bond acceptors (Lipinski definition) is 5. The number of nitrogens with two attached hydrogens (primary N) is 1. The van der Waals surface area contributed by atoms with Crippen molar-refractivity contribution >= 4 is 0 Å². The first-order valence-corrected chi connectivity index (χ1v) is 5.82. The van der Waals surface area contributed by atoms with E-state index in [0.29, 0.717) is 6.54 Å². The Bertz CT molecular complexity index is 308. The average molecular weight is 225 g/mol. The van der Waals surface area contributed by atoms with Crippen LogP contribution in [0.4, 0.5) is 0 Å². The van der Waals surface area contributed by atoms with E-state index in [2.05, 4.69) is 9.88 Å². The zero-order chi connectivity index (χ0) is 11.2. The molecule has 0 bridgehead atoms. The van der Waals surface area contributed by atoms with Crippen LogP contribution in [0.15, 0.2) is 10.6 Å². The highest BCUT2D eigenvalue weighted by Gasteiger charge is 2.11. The number of oxazole rings is 1. The van der Waals surface area contributed by atoms with Crippen molar-refractivity contribution in [3.63, 3.8) is 0 Å². The lowest BCUT2D eigenvalue weighted by Gasteiger charge is -2.25. The molecule has 0 atom stereocenters. The third-order valence-corrected chi connectivity index (χ3v) is 2.74. The van der Waals surface area contributed by atoms with Gasteiger partial charge in [-0.15, -0.1) is 0 Å². The molecular formula is C11H19N3O2. The lowest BCUT2D eigenvalue weighted by atomic mass is 10.3. The fraction of sp³-hybridized carbons (Fsp3) is 0.727. The maximum atomic E-state index is 5.57. The Morgan fingerprint density at radius 2 is 2.12 bits per heavy atom. The standard InChI is InChI=1S/C11H19N3O2/c12-3-1-10-9-13-11(16-10)2-4-14-5-7-15-8-6-14/h9H,1-8,12H2. The summed E-state index contributed by atoms with van der Waals surface area (Å²) in [6.07, 6.45) is 3.41. The first-order valence-electron chi connectivity index (χ1n) is 5.82. The Morgan fingerprint density at radius 1 is 1.31 bits per heavy atom. The molecule has 2 N–H and O–H groups in total. The van der Waals surface area contributed by atoms with Crippen molar-refractivity contribution in [2.45, 2.75) is 12.8 Å². The molecule has 1 aromatic heterocycles. The molecule has 1 saturated heterocycles. The quantitative estimate of drug-likeness (QED) is 0.767. The minimum absolute atomic E-state index is 0.609. The van der Waals surface area contributed by atoms with Crippen LogP contribution in [0.2, 0.25) is 0 Å². The molecule has 0 spiro atoms. The Labute approximate surface area is 95.6 Å². The van der Waals surface area contributed by atoms with Crippen LogP contribution in [0.3, 0.4) is 0 Å². The van der Waals surface area contributed by atoms with E-state index in [1.165, 1.54) is 0 Å². The monoisotopic (exact) mass is 225 g/mol. The zero-order valence-corrected chi connectivity index (χ0v) is 9.52. The lowest BCUT2D eigenvalue weighted by Crippen LogP contribution is -2.37. The summed E-state index contributed by atoms with van der Waals surface area (Å²) in [6.45, 7) is 5.30. The fourth-order valence-corrected chi connectivity index (χ4v) is 1.80. The predicted molar refractivity (Wildman–Crippen MR) is 60.2 cm³/mol. The predicted octanol–water partition coefficient (Wildman–Crippen LogP) is 0.0505. The molecule has 5 nitrogen and oxygen atoms in total. The van der Waals surface area contributed by atoms with E-state index in [-0.39, 0.29) is 0 Å². The second-order valence-corrected chi connectivity index (χ2v) is 3.96. The first-order chi connectivity index (χ1) is 7.88. The Hall–Kier alpha value is -0.910. The summed E-state index contributed by atoms with van der Waals surface area (Å²) in [5, 5.41) is 0. The Kier molecular flexibility index (Phi) is 4.33. The molecule has 1 aromatic rings. The third-order valence-electron chi connectivity index (χ3n) is 2.74. The van der Waals surface area contributed by atoms with Gasteiger partial charge in [0.25, 0.3) is 0 Å². The van der Waals surface area contributed by atoms with Crippen LogP contribution >= 0.6 is 0 Å². The molecule has 0 radical (unpaired) electrons. The molecule has 0 aliphatic carbocycles. The summed E-state index contributed by atoms with van der Waals surface area (Å²) in [6, 6.07) is 0. The number of rotatable bonds is 5. The molecule has 0 aromatic carbocycles. The smallest absolute Gasteiger partial charge is 0.195 e. The first kappa shape index (κ1) is 11.6. The van der Waals surface area contributed by atoms with Crippen molar-refractivity contribution in [3.8, 4) is 0 Å². The van der Waals surface area contributed by atoms with Crippen LogP contribution in [0, 0.1) is 0 Å². The number of aromatic nitrogens is 1. The van der Waals surface area contributed by atoms with E-state index in [1.807, 2.05) is 0 Å². The van der Waals surface area contributed by atoms with Crippen LogP contribution in [-0.2, 0) is 17.6 Å². The number of ether oxygens (including phenoxy) is 1. The van der Waals surface area contributed by atoms with Crippen LogP contribution in [-0.4, -0.2) is 49.3 Å². The topological polar surface area (TPSA) is 64.5 Å². The van der Waals surface area contributed by atoms with Gasteiger partial charge in [0.2, 0.25) is 0 Å². The highest BCUT2D eigenvalue weighted by molar-refractivity contribution is 4.95. The van der Waals surface area contributed by atoms with E-state index in [9.17, 15) is 0 Å². The second-order valence-electron chi connectivity index (χ2n) is 3.96. The summed E-state index contributed by atoms with van der Waals surface area (Å²) in [7, 11) is 0. The minimum Gasteiger partial charge on any atom is -0.446 e. The molecule has 90 valence electrons. The molecule has 5 heteroatoms. The van der Waals surface area contributed by atoms with Gasteiger partial charge >= 0.3 is 0 Å². The van der Waals surface area contributed by atoms with Crippen molar-refractivity contribution < 1.29 is 9.15 Å². The number of morpholine rings is 1. The van der Waals surface area contributed by atoms with Crippen molar-refractivity contribution in [3.05, 3.63) is 17.8 Å². The molecule has 1 fully saturated rings. The second kappa shape index (κ2) is 5.98. The van der Waals surface area contributed by atoms with Crippen molar-refractivity contribution in [1.82, 2.24) is 9.88 Å². The molecular weight excluding hydrogens is 206 g/mol. The average Bonchev–Trinajstić information content (AvgIpc) is 2.76. The van der Waals surface area contributed by atoms with E-state index in [4.69, 9.17) is 14.9 Å². The van der Waals surface area contributed by atoms with E-state index in [0.717, 1.165) is 57.3 Å². The van der Waals surface area contributed by atoms with Crippen molar-refractivity contribution in [2.24, 2.45) is 5.73 Å². The van der Waals surface area contributed by atoms with E-state index in [1.54, 1.807) is 6.20 Å². The van der Waals surface area contributed by atoms with Gasteiger partial charge in [-0.3, -0.25) is 4.90 Å². The fourth-order valence-electron chi connectivity index (χ4n) is 1.80. The van der Waals surface area contributed by atoms with Crippen LogP contribution in [0.25, 0.3) is 0 Å². The lowest BCUT2D eigenvalue weighted by molar-refractivity contribution is 0.0377. The Morgan fingerprint density at radius 3 is 2.88 bits per heavy atom. The van der Waals surface area contributed by atoms with Crippen LogP contribution < -0.4 is 5.73 Å². The molecule has 0 amide bonds.